The van der Waals surface area contributed by atoms with Crippen molar-refractivity contribution in [3.05, 3.63) is 29.3 Å². The summed E-state index contributed by atoms with van der Waals surface area (Å²) in [6.45, 7) is 0.655. The number of rotatable bonds is 6. The molecule has 0 fully saturated rings. The fourth-order valence-electron chi connectivity index (χ4n) is 1.39. The number of hydrogen-bond acceptors (Lipinski definition) is 2. The summed E-state index contributed by atoms with van der Waals surface area (Å²) in [5, 5.41) is 0.486. The average Bonchev–Trinajstić information content (AvgIpc) is 2.33. The molecular formula is C12H14BrF3O2. The number of benzene rings is 1. The Morgan fingerprint density at radius 3 is 2.50 bits per heavy atom. The normalized spacial score (nSPS) is 11.6. The van der Waals surface area contributed by atoms with Crippen LogP contribution in [0, 0.1) is 0 Å². The summed E-state index contributed by atoms with van der Waals surface area (Å²) in [6, 6.07) is 3.88. The molecule has 0 N–H and O–H groups in total. The van der Waals surface area contributed by atoms with Crippen LogP contribution in [-0.4, -0.2) is 20.3 Å². The van der Waals surface area contributed by atoms with Gasteiger partial charge in [-0.05, 0) is 17.7 Å². The monoisotopic (exact) mass is 326 g/mol. The predicted octanol–water partition coefficient (Wildman–Crippen LogP) is 4.02. The summed E-state index contributed by atoms with van der Waals surface area (Å²) in [6.07, 6.45) is -3.85. The van der Waals surface area contributed by atoms with E-state index in [-0.39, 0.29) is 12.4 Å². The van der Waals surface area contributed by atoms with Gasteiger partial charge in [0.05, 0.1) is 12.2 Å². The highest BCUT2D eigenvalue weighted by atomic mass is 79.9. The van der Waals surface area contributed by atoms with E-state index in [0.29, 0.717) is 18.4 Å². The number of methoxy groups -OCH3 is 1. The molecule has 1 rings (SSSR count). The molecule has 0 amide bonds. The molecule has 2 nitrogen and oxygen atoms in total. The summed E-state index contributed by atoms with van der Waals surface area (Å²) in [5.74, 6) is -0.129. The zero-order chi connectivity index (χ0) is 13.6. The van der Waals surface area contributed by atoms with Gasteiger partial charge >= 0.3 is 6.18 Å². The van der Waals surface area contributed by atoms with Crippen LogP contribution in [0.15, 0.2) is 18.2 Å². The number of alkyl halides is 4. The van der Waals surface area contributed by atoms with Gasteiger partial charge in [0.15, 0.2) is 0 Å². The lowest BCUT2D eigenvalue weighted by atomic mass is 10.1. The first-order valence-electron chi connectivity index (χ1n) is 5.37. The topological polar surface area (TPSA) is 18.5 Å². The van der Waals surface area contributed by atoms with Crippen molar-refractivity contribution in [3.8, 4) is 5.75 Å². The van der Waals surface area contributed by atoms with Gasteiger partial charge in [0, 0.05) is 25.5 Å². The van der Waals surface area contributed by atoms with Gasteiger partial charge in [-0.25, -0.2) is 0 Å². The SMILES string of the molecule is COCCCOc1cc(CBr)ccc1C(F)(F)F. The third kappa shape index (κ3) is 4.49. The molecule has 0 unspecified atom stereocenters. The molecule has 0 heterocycles. The number of halogens is 4. The lowest BCUT2D eigenvalue weighted by Gasteiger charge is -2.14. The third-order valence-electron chi connectivity index (χ3n) is 2.26. The summed E-state index contributed by atoms with van der Waals surface area (Å²) < 4.78 is 48.2. The van der Waals surface area contributed by atoms with Crippen molar-refractivity contribution in [1.29, 1.82) is 0 Å². The summed E-state index contributed by atoms with van der Waals surface area (Å²) in [4.78, 5) is 0. The van der Waals surface area contributed by atoms with Crippen LogP contribution in [0.3, 0.4) is 0 Å². The van der Waals surface area contributed by atoms with Gasteiger partial charge in [0.2, 0.25) is 0 Å². The highest BCUT2D eigenvalue weighted by Crippen LogP contribution is 2.37. The molecule has 0 atom stereocenters. The summed E-state index contributed by atoms with van der Waals surface area (Å²) in [5.41, 5.74) is -0.00522. The van der Waals surface area contributed by atoms with E-state index in [1.807, 2.05) is 0 Å². The van der Waals surface area contributed by atoms with Crippen molar-refractivity contribution in [1.82, 2.24) is 0 Å². The van der Waals surface area contributed by atoms with Gasteiger partial charge in [-0.15, -0.1) is 0 Å². The molecule has 0 aliphatic heterocycles. The van der Waals surface area contributed by atoms with Crippen LogP contribution in [-0.2, 0) is 16.2 Å². The second-order valence-electron chi connectivity index (χ2n) is 3.66. The first-order chi connectivity index (χ1) is 8.49. The highest BCUT2D eigenvalue weighted by Gasteiger charge is 2.34. The van der Waals surface area contributed by atoms with Crippen LogP contribution in [0.5, 0.6) is 5.75 Å². The smallest absolute Gasteiger partial charge is 0.419 e. The van der Waals surface area contributed by atoms with Gasteiger partial charge in [0.1, 0.15) is 5.75 Å². The molecule has 0 aliphatic carbocycles. The summed E-state index contributed by atoms with van der Waals surface area (Å²) in [7, 11) is 1.53. The van der Waals surface area contributed by atoms with E-state index in [0.717, 1.165) is 11.6 Å². The molecule has 0 aromatic heterocycles. The molecular weight excluding hydrogens is 313 g/mol. The molecule has 0 aliphatic rings. The van der Waals surface area contributed by atoms with Crippen molar-refractivity contribution >= 4 is 15.9 Å². The van der Waals surface area contributed by atoms with E-state index < -0.39 is 11.7 Å². The molecule has 0 bridgehead atoms. The molecule has 0 saturated heterocycles. The van der Waals surface area contributed by atoms with Gasteiger partial charge < -0.3 is 9.47 Å². The minimum atomic E-state index is -4.40. The zero-order valence-electron chi connectivity index (χ0n) is 9.89. The molecule has 102 valence electrons. The molecule has 0 radical (unpaired) electrons. The molecule has 1 aromatic rings. The van der Waals surface area contributed by atoms with Gasteiger partial charge in [-0.3, -0.25) is 0 Å². The van der Waals surface area contributed by atoms with Crippen molar-refractivity contribution in [2.75, 3.05) is 20.3 Å². The standard InChI is InChI=1S/C12H14BrF3O2/c1-17-5-2-6-18-11-7-9(8-13)3-4-10(11)12(14,15)16/h3-4,7H,2,5-6,8H2,1H3. The maximum atomic E-state index is 12.7. The van der Waals surface area contributed by atoms with Crippen LogP contribution < -0.4 is 4.74 Å². The molecule has 1 aromatic carbocycles. The Bertz CT molecular complexity index is 380. The molecule has 0 saturated carbocycles. The maximum Gasteiger partial charge on any atom is 0.419 e. The fourth-order valence-corrected chi connectivity index (χ4v) is 1.74. The average molecular weight is 327 g/mol. The zero-order valence-corrected chi connectivity index (χ0v) is 11.5. The third-order valence-corrected chi connectivity index (χ3v) is 2.90. The van der Waals surface area contributed by atoms with Crippen LogP contribution in [0.25, 0.3) is 0 Å². The van der Waals surface area contributed by atoms with Crippen LogP contribution in [0.1, 0.15) is 17.5 Å². The van der Waals surface area contributed by atoms with Crippen molar-refractivity contribution < 1.29 is 22.6 Å². The maximum absolute atomic E-state index is 12.7. The van der Waals surface area contributed by atoms with Crippen molar-refractivity contribution in [2.45, 2.75) is 17.9 Å². The van der Waals surface area contributed by atoms with E-state index >= 15 is 0 Å². The Morgan fingerprint density at radius 1 is 1.22 bits per heavy atom. The quantitative estimate of drug-likeness (QED) is 0.580. The van der Waals surface area contributed by atoms with Gasteiger partial charge in [-0.2, -0.15) is 13.2 Å². The van der Waals surface area contributed by atoms with Gasteiger partial charge in [0.25, 0.3) is 0 Å². The Morgan fingerprint density at radius 2 is 1.94 bits per heavy atom. The molecule has 18 heavy (non-hydrogen) atoms. The Hall–Kier alpha value is -0.750. The van der Waals surface area contributed by atoms with Crippen LogP contribution in [0.2, 0.25) is 0 Å². The Labute approximate surface area is 112 Å². The van der Waals surface area contributed by atoms with E-state index in [4.69, 9.17) is 9.47 Å². The second-order valence-corrected chi connectivity index (χ2v) is 4.22. The number of ether oxygens (including phenoxy) is 2. The first kappa shape index (κ1) is 15.3. The minimum Gasteiger partial charge on any atom is -0.493 e. The predicted molar refractivity (Wildman–Crippen MR) is 66.1 cm³/mol. The van der Waals surface area contributed by atoms with Crippen LogP contribution in [0.4, 0.5) is 13.2 Å². The van der Waals surface area contributed by atoms with E-state index in [2.05, 4.69) is 15.9 Å². The van der Waals surface area contributed by atoms with E-state index in [9.17, 15) is 13.2 Å². The minimum absolute atomic E-state index is 0.129. The van der Waals surface area contributed by atoms with Crippen LogP contribution >= 0.6 is 15.9 Å². The Balaban J connectivity index is 2.83. The fraction of sp³-hybridized carbons (Fsp3) is 0.500. The van der Waals surface area contributed by atoms with E-state index in [1.165, 1.54) is 19.2 Å². The van der Waals surface area contributed by atoms with Crippen molar-refractivity contribution in [3.63, 3.8) is 0 Å². The van der Waals surface area contributed by atoms with Gasteiger partial charge in [-0.1, -0.05) is 22.0 Å². The molecule has 6 heteroatoms. The van der Waals surface area contributed by atoms with Crippen molar-refractivity contribution in [2.24, 2.45) is 0 Å². The second kappa shape index (κ2) is 6.99. The molecule has 0 spiro atoms. The number of hydrogen-bond donors (Lipinski definition) is 0. The Kier molecular flexibility index (Phi) is 5.95. The van der Waals surface area contributed by atoms with E-state index in [1.54, 1.807) is 0 Å². The largest absolute Gasteiger partial charge is 0.493 e. The summed E-state index contributed by atoms with van der Waals surface area (Å²) >= 11 is 3.20. The lowest BCUT2D eigenvalue weighted by Crippen LogP contribution is -2.10. The first-order valence-corrected chi connectivity index (χ1v) is 6.49. The lowest BCUT2D eigenvalue weighted by molar-refractivity contribution is -0.139. The highest BCUT2D eigenvalue weighted by molar-refractivity contribution is 9.08.